The Kier molecular flexibility index (Phi) is 5.44. The van der Waals surface area contributed by atoms with Crippen LogP contribution >= 0.6 is 0 Å². The van der Waals surface area contributed by atoms with Gasteiger partial charge in [0.15, 0.2) is 0 Å². The van der Waals surface area contributed by atoms with E-state index in [1.807, 2.05) is 6.92 Å². The smallest absolute Gasteiger partial charge is 0.309 e. The minimum absolute atomic E-state index is 0.151. The molecule has 3 unspecified atom stereocenters. The van der Waals surface area contributed by atoms with E-state index in [9.17, 15) is 9.90 Å². The van der Waals surface area contributed by atoms with Crippen molar-refractivity contribution in [3.8, 4) is 0 Å². The minimum atomic E-state index is -0.642. The van der Waals surface area contributed by atoms with Crippen LogP contribution in [0.4, 0.5) is 0 Å². The van der Waals surface area contributed by atoms with Gasteiger partial charge in [0, 0.05) is 0 Å². The largest absolute Gasteiger partial charge is 0.481 e. The lowest BCUT2D eigenvalue weighted by Crippen LogP contribution is -2.34. The SMILES string of the molecule is CCCCC(CC)(CC1CCC(C)O1)C(=O)O. The Balaban J connectivity index is 2.64. The number of carboxylic acid groups (broad SMARTS) is 1. The Bertz CT molecular complexity index is 252. The van der Waals surface area contributed by atoms with Gasteiger partial charge in [-0.15, -0.1) is 0 Å². The van der Waals surface area contributed by atoms with E-state index in [0.717, 1.165) is 32.1 Å². The molecule has 0 aromatic rings. The van der Waals surface area contributed by atoms with Gasteiger partial charge in [-0.3, -0.25) is 4.79 Å². The first-order valence-electron chi connectivity index (χ1n) is 6.93. The van der Waals surface area contributed by atoms with Crippen molar-refractivity contribution in [2.24, 2.45) is 5.41 Å². The number of hydrogen-bond donors (Lipinski definition) is 1. The predicted molar refractivity (Wildman–Crippen MR) is 68.1 cm³/mol. The van der Waals surface area contributed by atoms with Crippen LogP contribution in [0.3, 0.4) is 0 Å². The van der Waals surface area contributed by atoms with Crippen LogP contribution < -0.4 is 0 Å². The molecule has 1 aliphatic heterocycles. The second-order valence-corrected chi connectivity index (χ2v) is 5.39. The maximum Gasteiger partial charge on any atom is 0.309 e. The van der Waals surface area contributed by atoms with Crippen LogP contribution in [0.2, 0.25) is 0 Å². The quantitative estimate of drug-likeness (QED) is 0.741. The molecule has 100 valence electrons. The molecule has 3 atom stereocenters. The van der Waals surface area contributed by atoms with Gasteiger partial charge in [0.2, 0.25) is 0 Å². The molecule has 1 saturated heterocycles. The molecule has 0 aromatic carbocycles. The molecule has 0 spiro atoms. The summed E-state index contributed by atoms with van der Waals surface area (Å²) >= 11 is 0. The van der Waals surface area contributed by atoms with Crippen LogP contribution in [0.15, 0.2) is 0 Å². The van der Waals surface area contributed by atoms with E-state index in [1.54, 1.807) is 0 Å². The topological polar surface area (TPSA) is 46.5 Å². The van der Waals surface area contributed by atoms with Crippen molar-refractivity contribution in [1.82, 2.24) is 0 Å². The number of rotatable bonds is 7. The van der Waals surface area contributed by atoms with Gasteiger partial charge in [0.05, 0.1) is 17.6 Å². The van der Waals surface area contributed by atoms with Gasteiger partial charge in [-0.25, -0.2) is 0 Å². The molecular formula is C14H26O3. The third kappa shape index (κ3) is 3.70. The first-order chi connectivity index (χ1) is 8.04. The van der Waals surface area contributed by atoms with Crippen LogP contribution in [0.25, 0.3) is 0 Å². The second kappa shape index (κ2) is 6.39. The molecule has 0 saturated carbocycles. The molecule has 0 radical (unpaired) electrons. The van der Waals surface area contributed by atoms with Crippen LogP contribution in [-0.2, 0) is 9.53 Å². The van der Waals surface area contributed by atoms with Crippen LogP contribution in [-0.4, -0.2) is 23.3 Å². The Morgan fingerprint density at radius 1 is 1.41 bits per heavy atom. The van der Waals surface area contributed by atoms with Crippen molar-refractivity contribution in [3.05, 3.63) is 0 Å². The lowest BCUT2D eigenvalue weighted by molar-refractivity contribution is -0.152. The number of carbonyl (C=O) groups is 1. The molecule has 3 nitrogen and oxygen atoms in total. The van der Waals surface area contributed by atoms with E-state index in [1.165, 1.54) is 0 Å². The third-order valence-corrected chi connectivity index (χ3v) is 4.08. The molecule has 0 aliphatic carbocycles. The number of ether oxygens (including phenoxy) is 1. The van der Waals surface area contributed by atoms with Gasteiger partial charge in [0.25, 0.3) is 0 Å². The fraction of sp³-hybridized carbons (Fsp3) is 0.929. The van der Waals surface area contributed by atoms with Crippen LogP contribution in [0.1, 0.15) is 65.7 Å². The Morgan fingerprint density at radius 3 is 2.53 bits per heavy atom. The summed E-state index contributed by atoms with van der Waals surface area (Å²) < 4.78 is 5.79. The Labute approximate surface area is 105 Å². The van der Waals surface area contributed by atoms with E-state index in [0.29, 0.717) is 18.9 Å². The lowest BCUT2D eigenvalue weighted by atomic mass is 9.75. The standard InChI is InChI=1S/C14H26O3/c1-4-6-9-14(5-2,13(15)16)10-12-8-7-11(3)17-12/h11-12H,4-10H2,1-3H3,(H,15,16). The highest BCUT2D eigenvalue weighted by Gasteiger charge is 2.40. The van der Waals surface area contributed by atoms with E-state index in [-0.39, 0.29) is 6.10 Å². The number of hydrogen-bond acceptors (Lipinski definition) is 2. The van der Waals surface area contributed by atoms with Gasteiger partial charge in [0.1, 0.15) is 0 Å². The fourth-order valence-electron chi connectivity index (χ4n) is 2.76. The van der Waals surface area contributed by atoms with Crippen LogP contribution in [0.5, 0.6) is 0 Å². The molecule has 1 fully saturated rings. The van der Waals surface area contributed by atoms with Crippen molar-refractivity contribution >= 4 is 5.97 Å². The zero-order chi connectivity index (χ0) is 12.9. The van der Waals surface area contributed by atoms with Crippen molar-refractivity contribution < 1.29 is 14.6 Å². The van der Waals surface area contributed by atoms with Crippen LogP contribution in [0, 0.1) is 5.41 Å². The van der Waals surface area contributed by atoms with Crippen molar-refractivity contribution in [1.29, 1.82) is 0 Å². The van der Waals surface area contributed by atoms with E-state index in [2.05, 4.69) is 13.8 Å². The van der Waals surface area contributed by atoms with Crippen molar-refractivity contribution in [3.63, 3.8) is 0 Å². The summed E-state index contributed by atoms with van der Waals surface area (Å²) in [5.74, 6) is -0.642. The molecule has 3 heteroatoms. The summed E-state index contributed by atoms with van der Waals surface area (Å²) in [6, 6.07) is 0. The molecule has 0 bridgehead atoms. The summed E-state index contributed by atoms with van der Waals surface area (Å²) in [5, 5.41) is 9.52. The van der Waals surface area contributed by atoms with Crippen molar-refractivity contribution in [2.45, 2.75) is 77.9 Å². The summed E-state index contributed by atoms with van der Waals surface area (Å²) in [7, 11) is 0. The molecule has 1 rings (SSSR count). The average Bonchev–Trinajstić information content (AvgIpc) is 2.69. The first kappa shape index (κ1) is 14.5. The highest BCUT2D eigenvalue weighted by atomic mass is 16.5. The highest BCUT2D eigenvalue weighted by Crippen LogP contribution is 2.38. The highest BCUT2D eigenvalue weighted by molar-refractivity contribution is 5.74. The Morgan fingerprint density at radius 2 is 2.12 bits per heavy atom. The summed E-state index contributed by atoms with van der Waals surface area (Å²) in [6.07, 6.45) is 6.75. The second-order valence-electron chi connectivity index (χ2n) is 5.39. The summed E-state index contributed by atoms with van der Waals surface area (Å²) in [4.78, 5) is 11.6. The van der Waals surface area contributed by atoms with E-state index in [4.69, 9.17) is 4.74 Å². The maximum absolute atomic E-state index is 11.6. The minimum Gasteiger partial charge on any atom is -0.481 e. The van der Waals surface area contributed by atoms with E-state index < -0.39 is 11.4 Å². The normalized spacial score (nSPS) is 27.9. The zero-order valence-electron chi connectivity index (χ0n) is 11.4. The molecule has 1 N–H and O–H groups in total. The third-order valence-electron chi connectivity index (χ3n) is 4.08. The molecule has 17 heavy (non-hydrogen) atoms. The molecule has 1 aliphatic rings. The average molecular weight is 242 g/mol. The summed E-state index contributed by atoms with van der Waals surface area (Å²) in [6.45, 7) is 6.17. The fourth-order valence-corrected chi connectivity index (χ4v) is 2.76. The number of unbranched alkanes of at least 4 members (excludes halogenated alkanes) is 1. The lowest BCUT2D eigenvalue weighted by Gasteiger charge is -2.30. The maximum atomic E-state index is 11.6. The molecule has 0 amide bonds. The Hall–Kier alpha value is -0.570. The zero-order valence-corrected chi connectivity index (χ0v) is 11.4. The van der Waals surface area contributed by atoms with E-state index >= 15 is 0 Å². The molecular weight excluding hydrogens is 216 g/mol. The first-order valence-corrected chi connectivity index (χ1v) is 6.93. The monoisotopic (exact) mass is 242 g/mol. The number of aliphatic carboxylic acids is 1. The van der Waals surface area contributed by atoms with Gasteiger partial charge in [-0.05, 0) is 39.0 Å². The predicted octanol–water partition coefficient (Wildman–Crippen LogP) is 3.62. The van der Waals surface area contributed by atoms with Gasteiger partial charge >= 0.3 is 5.97 Å². The summed E-state index contributed by atoms with van der Waals surface area (Å²) in [5.41, 5.74) is -0.565. The van der Waals surface area contributed by atoms with Gasteiger partial charge < -0.3 is 9.84 Å². The number of carboxylic acids is 1. The van der Waals surface area contributed by atoms with Crippen molar-refractivity contribution in [2.75, 3.05) is 0 Å². The van der Waals surface area contributed by atoms with Gasteiger partial charge in [-0.1, -0.05) is 26.7 Å². The van der Waals surface area contributed by atoms with Gasteiger partial charge in [-0.2, -0.15) is 0 Å². The molecule has 0 aromatic heterocycles. The molecule has 1 heterocycles.